The van der Waals surface area contributed by atoms with Gasteiger partial charge in [-0.25, -0.2) is 0 Å². The van der Waals surface area contributed by atoms with Gasteiger partial charge in [0.15, 0.2) is 0 Å². The van der Waals surface area contributed by atoms with Crippen LogP contribution in [0.5, 0.6) is 5.75 Å². The Kier molecular flexibility index (Phi) is 9.06. The Bertz CT molecular complexity index is 385. The van der Waals surface area contributed by atoms with Gasteiger partial charge in [0.25, 0.3) is 0 Å². The van der Waals surface area contributed by atoms with Crippen LogP contribution >= 0.6 is 0 Å². The molecule has 0 fully saturated rings. The molecule has 1 rings (SSSR count). The number of ether oxygens (including phenoxy) is 2. The Hall–Kier alpha value is -1.10. The van der Waals surface area contributed by atoms with Gasteiger partial charge < -0.3 is 14.8 Å². The first kappa shape index (κ1) is 18.0. The number of nitrogens with one attached hydrogen (secondary N) is 1. The highest BCUT2D eigenvalue weighted by Crippen LogP contribution is 2.25. The maximum absolute atomic E-state index is 5.52. The quantitative estimate of drug-likeness (QED) is 0.680. The van der Waals surface area contributed by atoms with Crippen LogP contribution < -0.4 is 10.1 Å². The zero-order valence-corrected chi connectivity index (χ0v) is 13.9. The second kappa shape index (κ2) is 10.6. The van der Waals surface area contributed by atoms with E-state index in [0.717, 1.165) is 45.0 Å². The number of hydrogen-bond acceptors (Lipinski definition) is 4. The summed E-state index contributed by atoms with van der Waals surface area (Å²) in [6.45, 7) is 9.07. The van der Waals surface area contributed by atoms with Crippen molar-refractivity contribution in [1.82, 2.24) is 10.2 Å². The Balaban J connectivity index is 2.83. The molecule has 0 radical (unpaired) electrons. The first-order chi connectivity index (χ1) is 10.3. The number of hydrogen-bond donors (Lipinski definition) is 1. The minimum Gasteiger partial charge on any atom is -0.496 e. The van der Waals surface area contributed by atoms with Gasteiger partial charge in [-0.15, -0.1) is 0 Å². The topological polar surface area (TPSA) is 33.7 Å². The van der Waals surface area contributed by atoms with Crippen molar-refractivity contribution in [1.29, 1.82) is 0 Å². The molecule has 0 bridgehead atoms. The molecule has 0 amide bonds. The number of likely N-dealkylation sites (N-methyl/N-ethyl adjacent to an activating group) is 1. The van der Waals surface area contributed by atoms with E-state index >= 15 is 0 Å². The second-order valence-electron chi connectivity index (χ2n) is 5.13. The van der Waals surface area contributed by atoms with Gasteiger partial charge in [-0.3, -0.25) is 4.90 Å². The summed E-state index contributed by atoms with van der Waals surface area (Å²) in [5.41, 5.74) is 1.23. The molecule has 1 aromatic rings. The predicted molar refractivity (Wildman–Crippen MR) is 88.0 cm³/mol. The fraction of sp³-hybridized carbons (Fsp3) is 0.647. The first-order valence-corrected chi connectivity index (χ1v) is 7.84. The molecule has 0 heterocycles. The fourth-order valence-corrected chi connectivity index (χ4v) is 2.40. The fourth-order valence-electron chi connectivity index (χ4n) is 2.40. The number of rotatable bonds is 11. The Morgan fingerprint density at radius 1 is 1.19 bits per heavy atom. The minimum absolute atomic E-state index is 0.276. The molecule has 1 unspecified atom stereocenters. The van der Waals surface area contributed by atoms with E-state index in [0.29, 0.717) is 0 Å². The van der Waals surface area contributed by atoms with Gasteiger partial charge in [-0.05, 0) is 25.6 Å². The van der Waals surface area contributed by atoms with E-state index in [1.54, 1.807) is 14.2 Å². The minimum atomic E-state index is 0.276. The van der Waals surface area contributed by atoms with Crippen molar-refractivity contribution in [2.24, 2.45) is 0 Å². The summed E-state index contributed by atoms with van der Waals surface area (Å²) in [6, 6.07) is 8.54. The number of methoxy groups -OCH3 is 2. The molecule has 1 aromatic carbocycles. The average Bonchev–Trinajstić information content (AvgIpc) is 2.54. The van der Waals surface area contributed by atoms with E-state index in [1.165, 1.54) is 5.56 Å². The summed E-state index contributed by atoms with van der Waals surface area (Å²) in [7, 11) is 3.49. The maximum Gasteiger partial charge on any atom is 0.123 e. The van der Waals surface area contributed by atoms with Gasteiger partial charge in [0, 0.05) is 31.8 Å². The molecular weight excluding hydrogens is 264 g/mol. The zero-order chi connectivity index (χ0) is 15.5. The molecule has 21 heavy (non-hydrogen) atoms. The van der Waals surface area contributed by atoms with E-state index in [-0.39, 0.29) is 6.04 Å². The van der Waals surface area contributed by atoms with Crippen LogP contribution in [0.3, 0.4) is 0 Å². The van der Waals surface area contributed by atoms with E-state index in [9.17, 15) is 0 Å². The number of nitrogens with zero attached hydrogens (tertiary/aromatic N) is 1. The third kappa shape index (κ3) is 6.04. The summed E-state index contributed by atoms with van der Waals surface area (Å²) in [5.74, 6) is 0.953. The zero-order valence-electron chi connectivity index (χ0n) is 13.9. The van der Waals surface area contributed by atoms with Crippen LogP contribution in [0.1, 0.15) is 31.9 Å². The van der Waals surface area contributed by atoms with Gasteiger partial charge in [-0.1, -0.05) is 32.0 Å². The van der Waals surface area contributed by atoms with Crippen molar-refractivity contribution in [2.45, 2.75) is 26.3 Å². The van der Waals surface area contributed by atoms with E-state index in [2.05, 4.69) is 36.2 Å². The lowest BCUT2D eigenvalue weighted by molar-refractivity contribution is 0.143. The molecule has 4 heteroatoms. The van der Waals surface area contributed by atoms with Gasteiger partial charge in [-0.2, -0.15) is 0 Å². The predicted octanol–water partition coefficient (Wildman–Crippen LogP) is 2.70. The van der Waals surface area contributed by atoms with Crippen molar-refractivity contribution in [3.63, 3.8) is 0 Å². The molecule has 120 valence electrons. The Morgan fingerprint density at radius 3 is 2.57 bits per heavy atom. The molecule has 0 aliphatic heterocycles. The standard InChI is InChI=1S/C17H30N2O2/c1-5-11-18-16(14-19(6-2)12-13-20-3)15-9-7-8-10-17(15)21-4/h7-10,16,18H,5-6,11-14H2,1-4H3. The van der Waals surface area contributed by atoms with Crippen LogP contribution in [-0.2, 0) is 4.74 Å². The van der Waals surface area contributed by atoms with Crippen LogP contribution in [0.4, 0.5) is 0 Å². The van der Waals surface area contributed by atoms with Crippen molar-refractivity contribution in [3.8, 4) is 5.75 Å². The van der Waals surface area contributed by atoms with E-state index in [4.69, 9.17) is 9.47 Å². The lowest BCUT2D eigenvalue weighted by atomic mass is 10.0. The molecule has 0 aromatic heterocycles. The molecule has 0 aliphatic rings. The average molecular weight is 294 g/mol. The Labute approximate surface area is 129 Å². The van der Waals surface area contributed by atoms with Crippen LogP contribution in [-0.4, -0.2) is 51.9 Å². The molecule has 0 spiro atoms. The summed E-state index contributed by atoms with van der Waals surface area (Å²) in [4.78, 5) is 2.41. The highest BCUT2D eigenvalue weighted by atomic mass is 16.5. The number of benzene rings is 1. The molecule has 0 saturated carbocycles. The van der Waals surface area contributed by atoms with Gasteiger partial charge in [0.1, 0.15) is 5.75 Å². The highest BCUT2D eigenvalue weighted by molar-refractivity contribution is 5.36. The van der Waals surface area contributed by atoms with Crippen molar-refractivity contribution >= 4 is 0 Å². The summed E-state index contributed by atoms with van der Waals surface area (Å²) in [5, 5.41) is 3.64. The molecule has 4 nitrogen and oxygen atoms in total. The molecule has 0 saturated heterocycles. The van der Waals surface area contributed by atoms with E-state index in [1.807, 2.05) is 12.1 Å². The molecule has 1 atom stereocenters. The lowest BCUT2D eigenvalue weighted by Gasteiger charge is -2.28. The maximum atomic E-state index is 5.52. The number of para-hydroxylation sites is 1. The van der Waals surface area contributed by atoms with Gasteiger partial charge >= 0.3 is 0 Å². The summed E-state index contributed by atoms with van der Waals surface area (Å²) in [6.07, 6.45) is 1.12. The van der Waals surface area contributed by atoms with E-state index < -0.39 is 0 Å². The molecule has 1 N–H and O–H groups in total. The monoisotopic (exact) mass is 294 g/mol. The van der Waals surface area contributed by atoms with Crippen LogP contribution in [0.25, 0.3) is 0 Å². The largest absolute Gasteiger partial charge is 0.496 e. The first-order valence-electron chi connectivity index (χ1n) is 7.84. The molecule has 0 aliphatic carbocycles. The van der Waals surface area contributed by atoms with Gasteiger partial charge in [0.2, 0.25) is 0 Å². The van der Waals surface area contributed by atoms with Crippen LogP contribution in [0.2, 0.25) is 0 Å². The highest BCUT2D eigenvalue weighted by Gasteiger charge is 2.18. The Morgan fingerprint density at radius 2 is 1.95 bits per heavy atom. The SMILES string of the molecule is CCCNC(CN(CC)CCOC)c1ccccc1OC. The third-order valence-corrected chi connectivity index (χ3v) is 3.65. The lowest BCUT2D eigenvalue weighted by Crippen LogP contribution is -2.37. The van der Waals surface area contributed by atoms with Gasteiger partial charge in [0.05, 0.1) is 13.7 Å². The van der Waals surface area contributed by atoms with Crippen molar-refractivity contribution in [2.75, 3.05) is 47.0 Å². The van der Waals surface area contributed by atoms with Crippen LogP contribution in [0, 0.1) is 0 Å². The molecular formula is C17H30N2O2. The van der Waals surface area contributed by atoms with Crippen molar-refractivity contribution < 1.29 is 9.47 Å². The van der Waals surface area contributed by atoms with Crippen molar-refractivity contribution in [3.05, 3.63) is 29.8 Å². The summed E-state index contributed by atoms with van der Waals surface area (Å²) >= 11 is 0. The smallest absolute Gasteiger partial charge is 0.123 e. The second-order valence-corrected chi connectivity index (χ2v) is 5.13. The normalized spacial score (nSPS) is 12.6. The third-order valence-electron chi connectivity index (χ3n) is 3.65. The summed E-state index contributed by atoms with van der Waals surface area (Å²) < 4.78 is 10.7. The van der Waals surface area contributed by atoms with Crippen LogP contribution in [0.15, 0.2) is 24.3 Å².